The van der Waals surface area contributed by atoms with Crippen molar-refractivity contribution in [3.05, 3.63) is 66.0 Å². The smallest absolute Gasteiger partial charge is 0.244 e. The molecular formula is C18H22ClFN2O3. The maximum Gasteiger partial charge on any atom is 0.244 e. The summed E-state index contributed by atoms with van der Waals surface area (Å²) in [6, 6.07) is 14.5. The van der Waals surface area contributed by atoms with Crippen molar-refractivity contribution in [2.24, 2.45) is 5.73 Å². The Kier molecular flexibility index (Phi) is 7.83. The fourth-order valence-corrected chi connectivity index (χ4v) is 2.09. The molecule has 1 amide bonds. The van der Waals surface area contributed by atoms with Gasteiger partial charge < -0.3 is 20.9 Å². The van der Waals surface area contributed by atoms with Gasteiger partial charge in [-0.15, -0.1) is 12.4 Å². The van der Waals surface area contributed by atoms with Gasteiger partial charge in [-0.1, -0.05) is 30.3 Å². The van der Waals surface area contributed by atoms with Crippen molar-refractivity contribution in [3.63, 3.8) is 0 Å². The molecule has 0 aromatic heterocycles. The Hall–Kier alpha value is -2.15. The fraction of sp³-hybridized carbons (Fsp3) is 0.278. The Morgan fingerprint density at radius 2 is 1.84 bits per heavy atom. The monoisotopic (exact) mass is 368 g/mol. The number of aliphatic hydroxyl groups excluding tert-OH is 1. The molecule has 0 fully saturated rings. The normalized spacial score (nSPS) is 13.9. The lowest BCUT2D eigenvalue weighted by atomic mass is 9.92. The second-order valence-corrected chi connectivity index (χ2v) is 5.70. The minimum Gasteiger partial charge on any atom is -0.491 e. The molecule has 2 rings (SSSR count). The molecule has 7 heteroatoms. The Bertz CT molecular complexity index is 666. The van der Waals surface area contributed by atoms with E-state index >= 15 is 0 Å². The Morgan fingerprint density at radius 1 is 1.24 bits per heavy atom. The minimum absolute atomic E-state index is 0. The molecule has 0 saturated carbocycles. The molecule has 2 aromatic rings. The molecule has 0 aliphatic heterocycles. The van der Waals surface area contributed by atoms with Crippen molar-refractivity contribution >= 4 is 18.3 Å². The molecule has 0 aliphatic rings. The van der Waals surface area contributed by atoms with E-state index in [4.69, 9.17) is 10.5 Å². The molecule has 0 bridgehead atoms. The van der Waals surface area contributed by atoms with Crippen LogP contribution >= 0.6 is 12.4 Å². The van der Waals surface area contributed by atoms with Gasteiger partial charge in [-0.05, 0) is 36.8 Å². The number of ether oxygens (including phenoxy) is 1. The van der Waals surface area contributed by atoms with Crippen LogP contribution in [-0.2, 0) is 10.3 Å². The molecule has 2 unspecified atom stereocenters. The SMILES string of the molecule is CC(N)(C(=O)NCC(O)COc1ccc(F)cc1)c1ccccc1.Cl. The largest absolute Gasteiger partial charge is 0.491 e. The van der Waals surface area contributed by atoms with E-state index in [2.05, 4.69) is 5.32 Å². The van der Waals surface area contributed by atoms with E-state index in [1.165, 1.54) is 24.3 Å². The number of carbonyl (C=O) groups excluding carboxylic acids is 1. The first-order chi connectivity index (χ1) is 11.4. The number of benzene rings is 2. The predicted octanol–water partition coefficient (Wildman–Crippen LogP) is 1.98. The number of halogens is 2. The van der Waals surface area contributed by atoms with Crippen LogP contribution in [0.3, 0.4) is 0 Å². The third-order valence-electron chi connectivity index (χ3n) is 3.60. The lowest BCUT2D eigenvalue weighted by Gasteiger charge is -2.25. The van der Waals surface area contributed by atoms with Crippen molar-refractivity contribution in [1.29, 1.82) is 0 Å². The summed E-state index contributed by atoms with van der Waals surface area (Å²) in [6.45, 7) is 1.58. The molecular weight excluding hydrogens is 347 g/mol. The van der Waals surface area contributed by atoms with Gasteiger partial charge in [-0.25, -0.2) is 4.39 Å². The third kappa shape index (κ3) is 6.01. The summed E-state index contributed by atoms with van der Waals surface area (Å²) in [5, 5.41) is 12.5. The molecule has 0 heterocycles. The summed E-state index contributed by atoms with van der Waals surface area (Å²) in [7, 11) is 0. The first kappa shape index (κ1) is 20.9. The first-order valence-electron chi connectivity index (χ1n) is 7.58. The number of nitrogens with one attached hydrogen (secondary N) is 1. The summed E-state index contributed by atoms with van der Waals surface area (Å²) in [4.78, 5) is 12.3. The van der Waals surface area contributed by atoms with Crippen molar-refractivity contribution in [2.75, 3.05) is 13.2 Å². The maximum absolute atomic E-state index is 12.8. The number of hydrogen-bond donors (Lipinski definition) is 3. The number of rotatable bonds is 7. The standard InChI is InChI=1S/C18H21FN2O3.ClH/c1-18(20,13-5-3-2-4-6-13)17(23)21-11-15(22)12-24-16-9-7-14(19)8-10-16;/h2-10,15,22H,11-12,20H2,1H3,(H,21,23);1H. The van der Waals surface area contributed by atoms with Gasteiger partial charge in [-0.3, -0.25) is 4.79 Å². The van der Waals surface area contributed by atoms with Crippen molar-refractivity contribution in [3.8, 4) is 5.75 Å². The van der Waals surface area contributed by atoms with Crippen LogP contribution in [0.25, 0.3) is 0 Å². The van der Waals surface area contributed by atoms with Gasteiger partial charge in [0.25, 0.3) is 0 Å². The van der Waals surface area contributed by atoms with E-state index in [0.717, 1.165) is 0 Å². The van der Waals surface area contributed by atoms with Gasteiger partial charge in [0, 0.05) is 6.54 Å². The van der Waals surface area contributed by atoms with Crippen LogP contribution in [0.5, 0.6) is 5.75 Å². The number of amides is 1. The molecule has 0 spiro atoms. The highest BCUT2D eigenvalue weighted by Crippen LogP contribution is 2.17. The molecule has 25 heavy (non-hydrogen) atoms. The van der Waals surface area contributed by atoms with Crippen LogP contribution in [0, 0.1) is 5.82 Å². The summed E-state index contributed by atoms with van der Waals surface area (Å²) >= 11 is 0. The van der Waals surface area contributed by atoms with Crippen molar-refractivity contribution in [2.45, 2.75) is 18.6 Å². The second kappa shape index (κ2) is 9.36. The van der Waals surface area contributed by atoms with Crippen LogP contribution < -0.4 is 15.8 Å². The highest BCUT2D eigenvalue weighted by molar-refractivity contribution is 5.87. The van der Waals surface area contributed by atoms with Crippen LogP contribution in [0.1, 0.15) is 12.5 Å². The van der Waals surface area contributed by atoms with E-state index in [9.17, 15) is 14.3 Å². The van der Waals surface area contributed by atoms with E-state index in [1.807, 2.05) is 6.07 Å². The summed E-state index contributed by atoms with van der Waals surface area (Å²) in [5.41, 5.74) is 5.57. The average Bonchev–Trinajstić information content (AvgIpc) is 2.59. The zero-order valence-corrected chi connectivity index (χ0v) is 14.6. The topological polar surface area (TPSA) is 84.6 Å². The highest BCUT2D eigenvalue weighted by Gasteiger charge is 2.30. The van der Waals surface area contributed by atoms with Gasteiger partial charge in [0.05, 0.1) is 0 Å². The fourth-order valence-electron chi connectivity index (χ4n) is 2.09. The predicted molar refractivity (Wildman–Crippen MR) is 96.1 cm³/mol. The quantitative estimate of drug-likeness (QED) is 0.697. The Morgan fingerprint density at radius 3 is 2.44 bits per heavy atom. The number of aliphatic hydroxyl groups is 1. The molecule has 0 aliphatic carbocycles. The summed E-state index contributed by atoms with van der Waals surface area (Å²) in [6.07, 6.45) is -0.912. The molecule has 0 saturated heterocycles. The van der Waals surface area contributed by atoms with Gasteiger partial charge >= 0.3 is 0 Å². The molecule has 4 N–H and O–H groups in total. The van der Waals surface area contributed by atoms with Gasteiger partial charge in [0.2, 0.25) is 5.91 Å². The zero-order chi connectivity index (χ0) is 17.6. The van der Waals surface area contributed by atoms with Crippen LogP contribution in [-0.4, -0.2) is 30.3 Å². The zero-order valence-electron chi connectivity index (χ0n) is 13.8. The van der Waals surface area contributed by atoms with Crippen LogP contribution in [0.4, 0.5) is 4.39 Å². The average molecular weight is 369 g/mol. The van der Waals surface area contributed by atoms with E-state index in [0.29, 0.717) is 11.3 Å². The number of carbonyl (C=O) groups is 1. The number of nitrogens with two attached hydrogens (primary N) is 1. The van der Waals surface area contributed by atoms with Crippen LogP contribution in [0.2, 0.25) is 0 Å². The molecule has 2 aromatic carbocycles. The summed E-state index contributed by atoms with van der Waals surface area (Å²) < 4.78 is 18.1. The van der Waals surface area contributed by atoms with Crippen molar-refractivity contribution < 1.29 is 19.0 Å². The molecule has 136 valence electrons. The lowest BCUT2D eigenvalue weighted by molar-refractivity contribution is -0.126. The van der Waals surface area contributed by atoms with E-state index in [1.54, 1.807) is 31.2 Å². The molecule has 0 radical (unpaired) electrons. The van der Waals surface area contributed by atoms with Crippen LogP contribution in [0.15, 0.2) is 54.6 Å². The first-order valence-corrected chi connectivity index (χ1v) is 7.58. The third-order valence-corrected chi connectivity index (χ3v) is 3.60. The van der Waals surface area contributed by atoms with Gasteiger partial charge in [0.15, 0.2) is 0 Å². The maximum atomic E-state index is 12.8. The van der Waals surface area contributed by atoms with E-state index in [-0.39, 0.29) is 31.4 Å². The Balaban J connectivity index is 0.00000312. The highest BCUT2D eigenvalue weighted by atomic mass is 35.5. The minimum atomic E-state index is -1.20. The Labute approximate surface area is 152 Å². The van der Waals surface area contributed by atoms with Gasteiger partial charge in [0.1, 0.15) is 29.8 Å². The van der Waals surface area contributed by atoms with Crippen molar-refractivity contribution in [1.82, 2.24) is 5.32 Å². The second-order valence-electron chi connectivity index (χ2n) is 5.70. The van der Waals surface area contributed by atoms with Gasteiger partial charge in [-0.2, -0.15) is 0 Å². The molecule has 5 nitrogen and oxygen atoms in total. The molecule has 2 atom stereocenters. The van der Waals surface area contributed by atoms with E-state index < -0.39 is 17.6 Å². The summed E-state index contributed by atoms with van der Waals surface area (Å²) in [5.74, 6) is -0.317. The lowest BCUT2D eigenvalue weighted by Crippen LogP contribution is -2.51. The number of hydrogen-bond acceptors (Lipinski definition) is 4.